The monoisotopic (exact) mass is 266 g/mol. The number of aliphatic hydroxyl groups is 1. The Morgan fingerprint density at radius 3 is 3.06 bits per heavy atom. The lowest BCUT2D eigenvalue weighted by atomic mass is 10.1. The molecular formula is C12H15ClN4O. The molecule has 2 aromatic rings. The van der Waals surface area contributed by atoms with E-state index in [9.17, 15) is 5.11 Å². The molecular weight excluding hydrogens is 252 g/mol. The van der Waals surface area contributed by atoms with Gasteiger partial charge in [0.05, 0.1) is 10.7 Å². The van der Waals surface area contributed by atoms with Crippen molar-refractivity contribution >= 4 is 17.4 Å². The second-order valence-corrected chi connectivity index (χ2v) is 4.45. The molecule has 0 bridgehead atoms. The van der Waals surface area contributed by atoms with Crippen LogP contribution in [0.1, 0.15) is 30.7 Å². The third kappa shape index (κ3) is 2.47. The maximum Gasteiger partial charge on any atom is 0.129 e. The smallest absolute Gasteiger partial charge is 0.129 e. The summed E-state index contributed by atoms with van der Waals surface area (Å²) in [7, 11) is 0. The van der Waals surface area contributed by atoms with E-state index in [0.29, 0.717) is 16.3 Å². The molecule has 0 aliphatic rings. The zero-order valence-corrected chi connectivity index (χ0v) is 10.8. The van der Waals surface area contributed by atoms with Crippen molar-refractivity contribution in [2.45, 2.75) is 26.0 Å². The summed E-state index contributed by atoms with van der Waals surface area (Å²) in [5, 5.41) is 15.0. The average molecular weight is 267 g/mol. The van der Waals surface area contributed by atoms with Gasteiger partial charge in [0, 0.05) is 24.5 Å². The van der Waals surface area contributed by atoms with Crippen molar-refractivity contribution in [1.82, 2.24) is 14.8 Å². The molecule has 1 atom stereocenters. The summed E-state index contributed by atoms with van der Waals surface area (Å²) in [5.41, 5.74) is 6.95. The minimum atomic E-state index is -0.870. The van der Waals surface area contributed by atoms with Crippen LogP contribution in [-0.4, -0.2) is 19.9 Å². The lowest BCUT2D eigenvalue weighted by Gasteiger charge is -2.15. The van der Waals surface area contributed by atoms with E-state index in [-0.39, 0.29) is 5.82 Å². The van der Waals surface area contributed by atoms with Crippen LogP contribution in [0.2, 0.25) is 5.02 Å². The number of aryl methyl sites for hydroxylation is 1. The predicted octanol–water partition coefficient (Wildman–Crippen LogP) is 2.01. The Kier molecular flexibility index (Phi) is 3.84. The number of nitrogens with zero attached hydrogens (tertiary/aromatic N) is 3. The Morgan fingerprint density at radius 2 is 2.33 bits per heavy atom. The molecule has 2 heterocycles. The molecule has 96 valence electrons. The van der Waals surface area contributed by atoms with Crippen molar-refractivity contribution in [3.05, 3.63) is 40.8 Å². The Morgan fingerprint density at radius 1 is 1.56 bits per heavy atom. The number of nitrogens with two attached hydrogens (primary N) is 1. The van der Waals surface area contributed by atoms with Gasteiger partial charge in [-0.25, -0.2) is 4.98 Å². The first-order valence-corrected chi connectivity index (χ1v) is 6.12. The van der Waals surface area contributed by atoms with Gasteiger partial charge in [-0.2, -0.15) is 5.10 Å². The molecule has 0 aliphatic heterocycles. The van der Waals surface area contributed by atoms with Gasteiger partial charge in [0.1, 0.15) is 11.9 Å². The molecule has 18 heavy (non-hydrogen) atoms. The van der Waals surface area contributed by atoms with E-state index in [1.54, 1.807) is 23.0 Å². The lowest BCUT2D eigenvalue weighted by Crippen LogP contribution is -2.12. The Hall–Kier alpha value is -1.59. The van der Waals surface area contributed by atoms with Gasteiger partial charge in [-0.1, -0.05) is 18.5 Å². The van der Waals surface area contributed by atoms with Gasteiger partial charge in [-0.05, 0) is 18.6 Å². The van der Waals surface area contributed by atoms with Crippen LogP contribution >= 0.6 is 11.6 Å². The third-order valence-electron chi connectivity index (χ3n) is 2.68. The number of aliphatic hydroxyl groups excluding tert-OH is 1. The van der Waals surface area contributed by atoms with Crippen LogP contribution in [0.25, 0.3) is 0 Å². The van der Waals surface area contributed by atoms with Crippen LogP contribution in [-0.2, 0) is 6.54 Å². The molecule has 2 aromatic heterocycles. The number of nitrogen functional groups attached to an aromatic ring is 1. The fourth-order valence-corrected chi connectivity index (χ4v) is 1.98. The Balaban J connectivity index is 2.38. The molecule has 2 rings (SSSR count). The highest BCUT2D eigenvalue weighted by atomic mass is 35.5. The average Bonchev–Trinajstić information content (AvgIpc) is 2.80. The molecule has 1 unspecified atom stereocenters. The van der Waals surface area contributed by atoms with E-state index in [1.165, 1.54) is 6.20 Å². The topological polar surface area (TPSA) is 77.0 Å². The number of hydrogen-bond donors (Lipinski definition) is 2. The number of rotatable bonds is 4. The number of pyridine rings is 1. The summed E-state index contributed by atoms with van der Waals surface area (Å²) in [5.74, 6) is 0.274. The number of halogens is 1. The molecule has 0 saturated carbocycles. The van der Waals surface area contributed by atoms with Crippen molar-refractivity contribution in [2.24, 2.45) is 0 Å². The van der Waals surface area contributed by atoms with Crippen molar-refractivity contribution in [3.8, 4) is 0 Å². The molecule has 0 amide bonds. The van der Waals surface area contributed by atoms with Gasteiger partial charge in [0.15, 0.2) is 0 Å². The fraction of sp³-hybridized carbons (Fsp3) is 0.333. The van der Waals surface area contributed by atoms with Crippen molar-refractivity contribution in [1.29, 1.82) is 0 Å². The van der Waals surface area contributed by atoms with Crippen molar-refractivity contribution in [3.63, 3.8) is 0 Å². The molecule has 0 aromatic carbocycles. The molecule has 0 saturated heterocycles. The fourth-order valence-electron chi connectivity index (χ4n) is 1.82. The lowest BCUT2D eigenvalue weighted by molar-refractivity contribution is 0.208. The van der Waals surface area contributed by atoms with Crippen LogP contribution in [0.4, 0.5) is 5.82 Å². The predicted molar refractivity (Wildman–Crippen MR) is 70.2 cm³/mol. The largest absolute Gasteiger partial charge is 0.383 e. The van der Waals surface area contributed by atoms with Crippen LogP contribution in [0.5, 0.6) is 0 Å². The van der Waals surface area contributed by atoms with Crippen LogP contribution in [0, 0.1) is 0 Å². The van der Waals surface area contributed by atoms with Crippen molar-refractivity contribution in [2.75, 3.05) is 5.73 Å². The first-order valence-electron chi connectivity index (χ1n) is 5.74. The molecule has 0 spiro atoms. The van der Waals surface area contributed by atoms with Gasteiger partial charge in [-0.3, -0.25) is 4.68 Å². The molecule has 0 radical (unpaired) electrons. The van der Waals surface area contributed by atoms with Gasteiger partial charge < -0.3 is 10.8 Å². The second-order valence-electron chi connectivity index (χ2n) is 4.01. The van der Waals surface area contributed by atoms with E-state index in [2.05, 4.69) is 10.1 Å². The van der Waals surface area contributed by atoms with Gasteiger partial charge in [0.2, 0.25) is 0 Å². The Bertz CT molecular complexity index is 541. The molecule has 5 nitrogen and oxygen atoms in total. The highest BCUT2D eigenvalue weighted by Crippen LogP contribution is 2.27. The van der Waals surface area contributed by atoms with Crippen molar-refractivity contribution < 1.29 is 5.11 Å². The number of anilines is 1. The standard InChI is InChI=1S/C12H15ClN4O/c1-2-5-17-10(3-4-16-17)11(18)9-6-8(13)7-15-12(9)14/h3-4,6-7,11,18H,2,5H2,1H3,(H2,14,15). The molecule has 0 fully saturated rings. The first-order chi connectivity index (χ1) is 8.63. The van der Waals surface area contributed by atoms with E-state index < -0.39 is 6.10 Å². The second kappa shape index (κ2) is 5.37. The van der Waals surface area contributed by atoms with E-state index in [0.717, 1.165) is 13.0 Å². The summed E-state index contributed by atoms with van der Waals surface area (Å²) < 4.78 is 1.75. The SMILES string of the molecule is CCCn1nccc1C(O)c1cc(Cl)cnc1N. The third-order valence-corrected chi connectivity index (χ3v) is 2.88. The summed E-state index contributed by atoms with van der Waals surface area (Å²) in [6.45, 7) is 2.79. The zero-order chi connectivity index (χ0) is 13.1. The number of aromatic nitrogens is 3. The Labute approximate surface area is 110 Å². The minimum absolute atomic E-state index is 0.274. The summed E-state index contributed by atoms with van der Waals surface area (Å²) in [4.78, 5) is 3.94. The zero-order valence-electron chi connectivity index (χ0n) is 10.0. The minimum Gasteiger partial charge on any atom is -0.383 e. The van der Waals surface area contributed by atoms with E-state index in [4.69, 9.17) is 17.3 Å². The molecule has 3 N–H and O–H groups in total. The highest BCUT2D eigenvalue weighted by Gasteiger charge is 2.18. The van der Waals surface area contributed by atoms with Gasteiger partial charge in [-0.15, -0.1) is 0 Å². The maximum atomic E-state index is 10.4. The number of hydrogen-bond acceptors (Lipinski definition) is 4. The quantitative estimate of drug-likeness (QED) is 0.887. The van der Waals surface area contributed by atoms with Gasteiger partial charge in [0.25, 0.3) is 0 Å². The first kappa shape index (κ1) is 12.9. The summed E-state index contributed by atoms with van der Waals surface area (Å²) in [6, 6.07) is 3.39. The molecule has 0 aliphatic carbocycles. The van der Waals surface area contributed by atoms with Crippen LogP contribution in [0.3, 0.4) is 0 Å². The highest BCUT2D eigenvalue weighted by molar-refractivity contribution is 6.30. The maximum absolute atomic E-state index is 10.4. The summed E-state index contributed by atoms with van der Waals surface area (Å²) >= 11 is 5.87. The van der Waals surface area contributed by atoms with E-state index >= 15 is 0 Å². The van der Waals surface area contributed by atoms with Crippen LogP contribution in [0.15, 0.2) is 24.5 Å². The normalized spacial score (nSPS) is 12.6. The van der Waals surface area contributed by atoms with Crippen LogP contribution < -0.4 is 5.73 Å². The summed E-state index contributed by atoms with van der Waals surface area (Å²) in [6.07, 6.45) is 3.18. The van der Waals surface area contributed by atoms with Gasteiger partial charge >= 0.3 is 0 Å². The van der Waals surface area contributed by atoms with E-state index in [1.807, 2.05) is 6.92 Å². The molecule has 6 heteroatoms.